The summed E-state index contributed by atoms with van der Waals surface area (Å²) in [5, 5.41) is 2.98. The quantitative estimate of drug-likeness (QED) is 0.145. The number of ether oxygens (including phenoxy) is 1. The molecule has 10 nitrogen and oxygen atoms in total. The van der Waals surface area contributed by atoms with Crippen molar-refractivity contribution in [2.45, 2.75) is 35.9 Å². The first-order valence-corrected chi connectivity index (χ1v) is 16.0. The number of carbonyl (C=O) groups excluding carboxylic acids is 3. The number of nitrogens with one attached hydrogen (secondary N) is 1. The van der Waals surface area contributed by atoms with Crippen LogP contribution in [0.25, 0.3) is 0 Å². The van der Waals surface area contributed by atoms with Gasteiger partial charge in [-0.15, -0.1) is 0 Å². The van der Waals surface area contributed by atoms with E-state index in [1.54, 1.807) is 12.4 Å². The number of nitrogens with two attached hydrogens (primary N) is 1. The zero-order valence-electron chi connectivity index (χ0n) is 23.9. The van der Waals surface area contributed by atoms with E-state index in [9.17, 15) is 14.4 Å². The molecular formula is C32H27ClN6O4S2. The average Bonchev–Trinajstić information content (AvgIpc) is 3.40. The molecule has 0 aliphatic carbocycles. The fourth-order valence-electron chi connectivity index (χ4n) is 5.40. The van der Waals surface area contributed by atoms with Gasteiger partial charge in [0, 0.05) is 29.2 Å². The third-order valence-corrected chi connectivity index (χ3v) is 9.69. The molecule has 0 spiro atoms. The van der Waals surface area contributed by atoms with Gasteiger partial charge in [0.2, 0.25) is 0 Å². The fraction of sp³-hybridized carbons (Fsp3) is 0.188. The first kappa shape index (κ1) is 30.5. The van der Waals surface area contributed by atoms with Crippen molar-refractivity contribution in [3.63, 3.8) is 0 Å². The van der Waals surface area contributed by atoms with Crippen LogP contribution in [0.5, 0.6) is 0 Å². The lowest BCUT2D eigenvalue weighted by Gasteiger charge is -2.50. The largest absolute Gasteiger partial charge is 0.448 e. The number of rotatable bonds is 9. The predicted molar refractivity (Wildman–Crippen MR) is 174 cm³/mol. The van der Waals surface area contributed by atoms with Crippen molar-refractivity contribution in [3.05, 3.63) is 117 Å². The minimum absolute atomic E-state index is 0.0346. The van der Waals surface area contributed by atoms with Crippen LogP contribution in [0.4, 0.5) is 5.13 Å². The van der Waals surface area contributed by atoms with Gasteiger partial charge in [0.1, 0.15) is 21.8 Å². The van der Waals surface area contributed by atoms with E-state index in [4.69, 9.17) is 22.1 Å². The summed E-state index contributed by atoms with van der Waals surface area (Å²) in [6.45, 7) is 0. The number of β-lactam (4-membered cyclic amide) rings is 1. The Morgan fingerprint density at radius 1 is 1.09 bits per heavy atom. The highest BCUT2D eigenvalue weighted by Gasteiger charge is 2.54. The Hall–Kier alpha value is -4.52. The molecule has 2 amide bonds. The maximum Gasteiger partial charge on any atom is 0.356 e. The van der Waals surface area contributed by atoms with Gasteiger partial charge >= 0.3 is 5.97 Å². The number of nitrogens with zero attached hydrogens (tertiary/aromatic N) is 4. The van der Waals surface area contributed by atoms with E-state index in [1.807, 2.05) is 72.8 Å². The van der Waals surface area contributed by atoms with Crippen molar-refractivity contribution >= 4 is 63.3 Å². The van der Waals surface area contributed by atoms with Gasteiger partial charge in [-0.25, -0.2) is 9.78 Å². The van der Waals surface area contributed by atoms with E-state index < -0.39 is 36.0 Å². The van der Waals surface area contributed by atoms with Crippen LogP contribution >= 0.6 is 34.7 Å². The number of benzene rings is 2. The van der Waals surface area contributed by atoms with Gasteiger partial charge in [-0.05, 0) is 36.1 Å². The molecule has 2 aromatic heterocycles. The van der Waals surface area contributed by atoms with Gasteiger partial charge in [0.25, 0.3) is 11.8 Å². The number of allylic oxidation sites excluding steroid dienone is 1. The normalized spacial score (nSPS) is 18.0. The van der Waals surface area contributed by atoms with Crippen molar-refractivity contribution in [2.75, 3.05) is 12.8 Å². The van der Waals surface area contributed by atoms with E-state index >= 15 is 0 Å². The highest BCUT2D eigenvalue weighted by atomic mass is 35.5. The Labute approximate surface area is 272 Å². The molecule has 2 aromatic carbocycles. The Morgan fingerprint density at radius 3 is 2.31 bits per heavy atom. The van der Waals surface area contributed by atoms with E-state index in [0.717, 1.165) is 27.4 Å². The van der Waals surface area contributed by atoms with Crippen LogP contribution in [-0.2, 0) is 19.1 Å². The van der Waals surface area contributed by atoms with Crippen LogP contribution in [-0.4, -0.2) is 57.5 Å². The molecule has 2 atom stereocenters. The van der Waals surface area contributed by atoms with Crippen LogP contribution in [0.2, 0.25) is 4.34 Å². The standard InChI is InChI=1S/C32H27ClN6O4S2/c1-35-25(24-28(33)45-32(34)38-24)29(40)37-23-21-12-13-22(44-20-14-16-36-17-15-20)26(39(21)30(23)41)31(42)43-27(18-8-4-2-5-9-18)19-10-6-3-7-11-19/h2-11,14-17,21,23,27H,12-13H2,1H3,(H2,34,38)(H,37,40)/b35-25-/t21-,23+/m1/s1. The molecule has 0 bridgehead atoms. The van der Waals surface area contributed by atoms with Gasteiger partial charge in [-0.3, -0.25) is 24.5 Å². The molecule has 228 valence electrons. The van der Waals surface area contributed by atoms with Crippen molar-refractivity contribution in [2.24, 2.45) is 4.99 Å². The number of esters is 1. The molecule has 0 saturated carbocycles. The summed E-state index contributed by atoms with van der Waals surface area (Å²) >= 11 is 8.65. The zero-order valence-corrected chi connectivity index (χ0v) is 26.3. The maximum absolute atomic E-state index is 14.2. The number of pyridine rings is 1. The number of thiazole rings is 1. The minimum Gasteiger partial charge on any atom is -0.448 e. The molecule has 4 heterocycles. The first-order chi connectivity index (χ1) is 21.9. The summed E-state index contributed by atoms with van der Waals surface area (Å²) in [6.07, 6.45) is 3.64. The molecular weight excluding hydrogens is 632 g/mol. The molecule has 0 radical (unpaired) electrons. The number of aliphatic imine (C=N–C) groups is 1. The third kappa shape index (κ3) is 6.21. The second-order valence-electron chi connectivity index (χ2n) is 10.2. The number of hydrogen-bond donors (Lipinski definition) is 2. The summed E-state index contributed by atoms with van der Waals surface area (Å²) < 4.78 is 6.44. The second kappa shape index (κ2) is 13.2. The molecule has 2 aliphatic heterocycles. The van der Waals surface area contributed by atoms with Gasteiger partial charge in [-0.2, -0.15) is 0 Å². The second-order valence-corrected chi connectivity index (χ2v) is 13.0. The number of anilines is 1. The number of amides is 2. The number of fused-ring (bicyclic) bond motifs is 1. The number of aromatic nitrogens is 2. The third-order valence-electron chi connectivity index (χ3n) is 7.46. The molecule has 4 aromatic rings. The molecule has 3 N–H and O–H groups in total. The van der Waals surface area contributed by atoms with Crippen molar-refractivity contribution < 1.29 is 19.1 Å². The molecule has 13 heteroatoms. The summed E-state index contributed by atoms with van der Waals surface area (Å²) in [4.78, 5) is 56.4. The fourth-order valence-corrected chi connectivity index (χ4v) is 7.37. The van der Waals surface area contributed by atoms with E-state index in [-0.39, 0.29) is 26.6 Å². The molecule has 45 heavy (non-hydrogen) atoms. The molecule has 1 fully saturated rings. The van der Waals surface area contributed by atoms with Crippen LogP contribution in [0.3, 0.4) is 0 Å². The Morgan fingerprint density at radius 2 is 1.73 bits per heavy atom. The zero-order chi connectivity index (χ0) is 31.5. The van der Waals surface area contributed by atoms with E-state index in [2.05, 4.69) is 20.3 Å². The Kier molecular flexibility index (Phi) is 8.97. The van der Waals surface area contributed by atoms with Gasteiger partial charge < -0.3 is 15.8 Å². The molecule has 1 saturated heterocycles. The smallest absolute Gasteiger partial charge is 0.356 e. The maximum atomic E-state index is 14.2. The summed E-state index contributed by atoms with van der Waals surface area (Å²) in [5.41, 5.74) is 7.63. The number of nitrogen functional groups attached to an aromatic ring is 1. The lowest BCUT2D eigenvalue weighted by molar-refractivity contribution is -0.158. The Bertz CT molecular complexity index is 1760. The van der Waals surface area contributed by atoms with Crippen molar-refractivity contribution in [1.29, 1.82) is 0 Å². The monoisotopic (exact) mass is 658 g/mol. The minimum atomic E-state index is -0.877. The first-order valence-electron chi connectivity index (χ1n) is 14.0. The molecule has 2 aliphatic rings. The van der Waals surface area contributed by atoms with Crippen molar-refractivity contribution in [3.8, 4) is 0 Å². The van der Waals surface area contributed by atoms with Crippen molar-refractivity contribution in [1.82, 2.24) is 20.2 Å². The van der Waals surface area contributed by atoms with Gasteiger partial charge in [0.05, 0.1) is 6.04 Å². The van der Waals surface area contributed by atoms with Gasteiger partial charge in [-0.1, -0.05) is 95.4 Å². The van der Waals surface area contributed by atoms with E-state index in [1.165, 1.54) is 23.7 Å². The highest BCUT2D eigenvalue weighted by molar-refractivity contribution is 8.03. The number of thioether (sulfide) groups is 1. The van der Waals surface area contributed by atoms with Gasteiger partial charge in [0.15, 0.2) is 16.9 Å². The lowest BCUT2D eigenvalue weighted by atomic mass is 9.86. The summed E-state index contributed by atoms with van der Waals surface area (Å²) in [6, 6.07) is 21.2. The topological polar surface area (TPSA) is 140 Å². The number of halogens is 1. The van der Waals surface area contributed by atoms with E-state index in [0.29, 0.717) is 17.7 Å². The summed E-state index contributed by atoms with van der Waals surface area (Å²) in [7, 11) is 1.44. The Balaban J connectivity index is 1.30. The lowest BCUT2D eigenvalue weighted by Crippen LogP contribution is -2.72. The molecule has 0 unspecified atom stereocenters. The van der Waals surface area contributed by atoms with Crippen LogP contribution in [0.15, 0.2) is 106 Å². The number of hydrogen-bond acceptors (Lipinski definition) is 10. The van der Waals surface area contributed by atoms with Crippen LogP contribution in [0.1, 0.15) is 35.8 Å². The number of carbonyl (C=O) groups is 3. The predicted octanol–water partition coefficient (Wildman–Crippen LogP) is 5.02. The SMILES string of the molecule is C/N=C(\C(=O)N[C@@H]1C(=O)N2C(C(=O)OC(c3ccccc3)c3ccccc3)=C(Sc3ccncc3)CC[C@H]12)c1nc(N)sc1Cl. The summed E-state index contributed by atoms with van der Waals surface area (Å²) in [5.74, 6) is -1.67. The highest BCUT2D eigenvalue weighted by Crippen LogP contribution is 2.44. The average molecular weight is 659 g/mol. The van der Waals surface area contributed by atoms with Crippen LogP contribution < -0.4 is 11.1 Å². The van der Waals surface area contributed by atoms with Crippen LogP contribution in [0, 0.1) is 0 Å². The molecule has 6 rings (SSSR count).